The summed E-state index contributed by atoms with van der Waals surface area (Å²) in [7, 11) is -4.15. The SMILES string of the molecule is CC[C@@H](C)NC(=O)[C@H](C)N(Cc1ccc(Cl)cc1Cl)C(=O)CN(c1cccc(Br)c1)S(=O)(=O)c1ccc(C)cc1. The molecule has 0 fully saturated rings. The molecule has 40 heavy (non-hydrogen) atoms. The molecule has 11 heteroatoms. The fraction of sp³-hybridized carbons (Fsp3) is 0.310. The Kier molecular flexibility index (Phi) is 11.1. The van der Waals surface area contributed by atoms with Crippen LogP contribution in [0.5, 0.6) is 0 Å². The lowest BCUT2D eigenvalue weighted by molar-refractivity contribution is -0.139. The van der Waals surface area contributed by atoms with Crippen LogP contribution in [0.15, 0.2) is 76.1 Å². The van der Waals surface area contributed by atoms with Gasteiger partial charge in [-0.3, -0.25) is 13.9 Å². The third kappa shape index (κ3) is 8.00. The van der Waals surface area contributed by atoms with Crippen molar-refractivity contribution in [3.63, 3.8) is 0 Å². The lowest BCUT2D eigenvalue weighted by atomic mass is 10.1. The zero-order chi connectivity index (χ0) is 29.6. The van der Waals surface area contributed by atoms with E-state index in [9.17, 15) is 18.0 Å². The Morgan fingerprint density at radius 3 is 2.27 bits per heavy atom. The normalized spacial score (nSPS) is 12.9. The number of nitrogens with one attached hydrogen (secondary N) is 1. The van der Waals surface area contributed by atoms with Gasteiger partial charge in [0.25, 0.3) is 10.0 Å². The molecular formula is C29H32BrCl2N3O4S. The summed E-state index contributed by atoms with van der Waals surface area (Å²) in [5.41, 5.74) is 1.76. The number of amides is 2. The van der Waals surface area contributed by atoms with Crippen LogP contribution >= 0.6 is 39.1 Å². The number of anilines is 1. The van der Waals surface area contributed by atoms with E-state index in [4.69, 9.17) is 23.2 Å². The van der Waals surface area contributed by atoms with Crippen LogP contribution in [0.25, 0.3) is 0 Å². The van der Waals surface area contributed by atoms with E-state index in [2.05, 4.69) is 21.2 Å². The highest BCUT2D eigenvalue weighted by molar-refractivity contribution is 9.10. The molecule has 0 bridgehead atoms. The van der Waals surface area contributed by atoms with E-state index in [1.807, 2.05) is 20.8 Å². The lowest BCUT2D eigenvalue weighted by Gasteiger charge is -2.32. The summed E-state index contributed by atoms with van der Waals surface area (Å²) < 4.78 is 29.5. The first kappa shape index (κ1) is 31.9. The second kappa shape index (κ2) is 13.9. The molecule has 0 aliphatic rings. The minimum atomic E-state index is -4.15. The molecule has 0 saturated heterocycles. The molecule has 3 aromatic rings. The van der Waals surface area contributed by atoms with Gasteiger partial charge in [0, 0.05) is 27.1 Å². The number of sulfonamides is 1. The van der Waals surface area contributed by atoms with Crippen LogP contribution in [0.2, 0.25) is 10.0 Å². The Balaban J connectivity index is 2.05. The van der Waals surface area contributed by atoms with Gasteiger partial charge >= 0.3 is 0 Å². The zero-order valence-electron chi connectivity index (χ0n) is 22.7. The van der Waals surface area contributed by atoms with Gasteiger partial charge in [-0.15, -0.1) is 0 Å². The largest absolute Gasteiger partial charge is 0.352 e. The molecule has 0 aliphatic heterocycles. The molecule has 2 atom stereocenters. The van der Waals surface area contributed by atoms with Crippen LogP contribution in [0.1, 0.15) is 38.3 Å². The summed E-state index contributed by atoms with van der Waals surface area (Å²) in [6.45, 7) is 6.71. The van der Waals surface area contributed by atoms with Gasteiger partial charge in [-0.1, -0.05) is 75.9 Å². The predicted octanol–water partition coefficient (Wildman–Crippen LogP) is 6.59. The van der Waals surface area contributed by atoms with Crippen LogP contribution in [-0.4, -0.2) is 43.8 Å². The topological polar surface area (TPSA) is 86.8 Å². The van der Waals surface area contributed by atoms with Crippen LogP contribution < -0.4 is 9.62 Å². The van der Waals surface area contributed by atoms with E-state index >= 15 is 0 Å². The minimum Gasteiger partial charge on any atom is -0.352 e. The van der Waals surface area contributed by atoms with E-state index < -0.39 is 28.5 Å². The van der Waals surface area contributed by atoms with Crippen molar-refractivity contribution in [2.45, 2.75) is 57.6 Å². The third-order valence-electron chi connectivity index (χ3n) is 6.51. The summed E-state index contributed by atoms with van der Waals surface area (Å²) in [6.07, 6.45) is 0.709. The third-order valence-corrected chi connectivity index (χ3v) is 9.38. The predicted molar refractivity (Wildman–Crippen MR) is 164 cm³/mol. The summed E-state index contributed by atoms with van der Waals surface area (Å²) >= 11 is 15.9. The molecule has 3 rings (SSSR count). The number of benzene rings is 3. The number of rotatable bonds is 11. The number of halogens is 3. The van der Waals surface area contributed by atoms with Gasteiger partial charge < -0.3 is 10.2 Å². The summed E-state index contributed by atoms with van der Waals surface area (Å²) in [5, 5.41) is 3.66. The van der Waals surface area contributed by atoms with Crippen LogP contribution in [0, 0.1) is 6.92 Å². The lowest BCUT2D eigenvalue weighted by Crippen LogP contribution is -2.52. The number of hydrogen-bond donors (Lipinski definition) is 1. The molecule has 0 aliphatic carbocycles. The quantitative estimate of drug-likeness (QED) is 0.250. The van der Waals surface area contributed by atoms with E-state index in [1.54, 1.807) is 61.5 Å². The molecule has 2 amide bonds. The second-order valence-corrected chi connectivity index (χ2v) is 13.2. The van der Waals surface area contributed by atoms with Crippen molar-refractivity contribution in [2.75, 3.05) is 10.8 Å². The average Bonchev–Trinajstić information content (AvgIpc) is 2.90. The Hall–Kier alpha value is -2.59. The zero-order valence-corrected chi connectivity index (χ0v) is 26.6. The van der Waals surface area contributed by atoms with E-state index in [0.717, 1.165) is 9.87 Å². The van der Waals surface area contributed by atoms with Crippen molar-refractivity contribution in [1.29, 1.82) is 0 Å². The van der Waals surface area contributed by atoms with Gasteiger partial charge in [0.1, 0.15) is 12.6 Å². The summed E-state index contributed by atoms with van der Waals surface area (Å²) in [6, 6.07) is 17.0. The van der Waals surface area contributed by atoms with Gasteiger partial charge in [0.15, 0.2) is 0 Å². The molecule has 0 saturated carbocycles. The van der Waals surface area contributed by atoms with Crippen LogP contribution in [0.3, 0.4) is 0 Å². The molecule has 1 N–H and O–H groups in total. The molecule has 0 heterocycles. The van der Waals surface area contributed by atoms with Crippen LogP contribution in [-0.2, 0) is 26.2 Å². The first-order valence-electron chi connectivity index (χ1n) is 12.7. The fourth-order valence-corrected chi connectivity index (χ4v) is 6.14. The van der Waals surface area contributed by atoms with Gasteiger partial charge in [-0.05, 0) is 75.2 Å². The molecular weight excluding hydrogens is 637 g/mol. The van der Waals surface area contributed by atoms with Gasteiger partial charge in [-0.2, -0.15) is 0 Å². The van der Waals surface area contributed by atoms with E-state index in [-0.39, 0.29) is 23.4 Å². The van der Waals surface area contributed by atoms with Crippen molar-refractivity contribution in [1.82, 2.24) is 10.2 Å². The fourth-order valence-electron chi connectivity index (χ4n) is 3.88. The van der Waals surface area contributed by atoms with Crippen molar-refractivity contribution in [3.05, 3.63) is 92.4 Å². The molecule has 7 nitrogen and oxygen atoms in total. The maximum absolute atomic E-state index is 14.0. The average molecular weight is 669 g/mol. The standard InChI is InChI=1S/C29H32BrCl2N3O4S/c1-5-20(3)33-29(37)21(4)34(17-22-11-12-24(31)16-27(22)32)28(36)18-35(25-8-6-7-23(30)15-25)40(38,39)26-13-9-19(2)10-14-26/h6-16,20-21H,5,17-18H2,1-4H3,(H,33,37)/t20-,21+/m1/s1. The van der Waals surface area contributed by atoms with Crippen molar-refractivity contribution in [3.8, 4) is 0 Å². The number of nitrogens with zero attached hydrogens (tertiary/aromatic N) is 2. The summed E-state index contributed by atoms with van der Waals surface area (Å²) in [5.74, 6) is -0.934. The Bertz CT molecular complexity index is 1470. The highest BCUT2D eigenvalue weighted by Crippen LogP contribution is 2.28. The molecule has 0 aromatic heterocycles. The van der Waals surface area contributed by atoms with Gasteiger partial charge in [-0.25, -0.2) is 8.42 Å². The van der Waals surface area contributed by atoms with E-state index in [0.29, 0.717) is 32.2 Å². The van der Waals surface area contributed by atoms with Gasteiger partial charge in [0.2, 0.25) is 11.8 Å². The Labute approximate surface area is 254 Å². The second-order valence-electron chi connectivity index (χ2n) is 9.56. The first-order chi connectivity index (χ1) is 18.8. The van der Waals surface area contributed by atoms with Crippen molar-refractivity contribution in [2.24, 2.45) is 0 Å². The Morgan fingerprint density at radius 1 is 1.00 bits per heavy atom. The molecule has 0 spiro atoms. The molecule has 214 valence electrons. The molecule has 0 radical (unpaired) electrons. The smallest absolute Gasteiger partial charge is 0.264 e. The highest BCUT2D eigenvalue weighted by Gasteiger charge is 2.33. The molecule has 0 unspecified atom stereocenters. The van der Waals surface area contributed by atoms with Crippen molar-refractivity contribution < 1.29 is 18.0 Å². The Morgan fingerprint density at radius 2 is 1.68 bits per heavy atom. The van der Waals surface area contributed by atoms with Crippen molar-refractivity contribution >= 4 is 66.7 Å². The molecule has 3 aromatic carbocycles. The number of carbonyl (C=O) groups excluding carboxylic acids is 2. The highest BCUT2D eigenvalue weighted by atomic mass is 79.9. The van der Waals surface area contributed by atoms with Crippen LogP contribution in [0.4, 0.5) is 5.69 Å². The maximum Gasteiger partial charge on any atom is 0.264 e. The minimum absolute atomic E-state index is 0.0270. The number of carbonyl (C=O) groups is 2. The number of aryl methyl sites for hydroxylation is 1. The van der Waals surface area contributed by atoms with E-state index in [1.165, 1.54) is 17.0 Å². The summed E-state index contributed by atoms with van der Waals surface area (Å²) in [4.78, 5) is 28.5. The van der Waals surface area contributed by atoms with Gasteiger partial charge in [0.05, 0.1) is 10.6 Å². The first-order valence-corrected chi connectivity index (χ1v) is 15.7. The monoisotopic (exact) mass is 667 g/mol. The maximum atomic E-state index is 14.0. The number of hydrogen-bond acceptors (Lipinski definition) is 4.